The Kier molecular flexibility index (Phi) is 3.96. The number of likely N-dealkylation sites (N-methyl/N-ethyl adjacent to an activating group) is 1. The summed E-state index contributed by atoms with van der Waals surface area (Å²) in [6.45, 7) is 0. The van der Waals surface area contributed by atoms with E-state index in [9.17, 15) is 9.18 Å². The first-order valence-corrected chi connectivity index (χ1v) is 5.83. The van der Waals surface area contributed by atoms with Crippen molar-refractivity contribution in [1.82, 2.24) is 5.32 Å². The number of amides is 1. The van der Waals surface area contributed by atoms with Crippen molar-refractivity contribution in [2.75, 3.05) is 7.05 Å². The molecule has 1 amide bonds. The minimum Gasteiger partial charge on any atom is -0.457 e. The first-order chi connectivity index (χ1) is 9.63. The number of nitrogens with one attached hydrogen (secondary N) is 1. The third-order valence-electron chi connectivity index (χ3n) is 2.61. The highest BCUT2D eigenvalue weighted by Crippen LogP contribution is 2.23. The van der Waals surface area contributed by atoms with Crippen molar-refractivity contribution in [2.24, 2.45) is 0 Å². The summed E-state index contributed by atoms with van der Waals surface area (Å²) in [7, 11) is 1.44. The van der Waals surface area contributed by atoms with Crippen LogP contribution in [0.2, 0.25) is 0 Å². The van der Waals surface area contributed by atoms with Gasteiger partial charge in [-0.25, -0.2) is 4.39 Å². The fourth-order valence-electron chi connectivity index (χ4n) is 1.65. The largest absolute Gasteiger partial charge is 0.457 e. The van der Waals surface area contributed by atoms with Crippen molar-refractivity contribution in [3.63, 3.8) is 0 Å². The van der Waals surface area contributed by atoms with Gasteiger partial charge in [0.1, 0.15) is 29.0 Å². The first-order valence-electron chi connectivity index (χ1n) is 5.83. The fourth-order valence-corrected chi connectivity index (χ4v) is 1.65. The third kappa shape index (κ3) is 2.93. The highest BCUT2D eigenvalue weighted by molar-refractivity contribution is 6.01. The highest BCUT2D eigenvalue weighted by atomic mass is 19.1. The molecule has 0 aliphatic rings. The first kappa shape index (κ1) is 13.6. The SMILES string of the molecule is CNC(=O)/C(C#N)=C\c1ccc(-c2cccc(F)c2)o1. The van der Waals surface area contributed by atoms with Gasteiger partial charge < -0.3 is 9.73 Å². The van der Waals surface area contributed by atoms with Crippen molar-refractivity contribution >= 4 is 12.0 Å². The van der Waals surface area contributed by atoms with Crippen LogP contribution in [0.5, 0.6) is 0 Å². The van der Waals surface area contributed by atoms with Crippen molar-refractivity contribution in [2.45, 2.75) is 0 Å². The Morgan fingerprint density at radius 1 is 1.40 bits per heavy atom. The summed E-state index contributed by atoms with van der Waals surface area (Å²) in [4.78, 5) is 11.4. The molecule has 4 nitrogen and oxygen atoms in total. The molecular formula is C15H11FN2O2. The van der Waals surface area contributed by atoms with Crippen LogP contribution in [0.4, 0.5) is 4.39 Å². The third-order valence-corrected chi connectivity index (χ3v) is 2.61. The Balaban J connectivity index is 2.32. The number of hydrogen-bond acceptors (Lipinski definition) is 3. The Morgan fingerprint density at radius 3 is 2.85 bits per heavy atom. The smallest absolute Gasteiger partial charge is 0.261 e. The molecular weight excluding hydrogens is 259 g/mol. The molecule has 1 N–H and O–H groups in total. The lowest BCUT2D eigenvalue weighted by atomic mass is 10.2. The van der Waals surface area contributed by atoms with Gasteiger partial charge in [-0.05, 0) is 24.3 Å². The molecule has 0 aliphatic carbocycles. The van der Waals surface area contributed by atoms with E-state index in [4.69, 9.17) is 9.68 Å². The predicted octanol–water partition coefficient (Wildman–Crippen LogP) is 2.74. The molecule has 0 bridgehead atoms. The van der Waals surface area contributed by atoms with Crippen LogP contribution in [-0.2, 0) is 4.79 Å². The van der Waals surface area contributed by atoms with Gasteiger partial charge in [0.2, 0.25) is 0 Å². The van der Waals surface area contributed by atoms with Gasteiger partial charge in [0, 0.05) is 18.7 Å². The number of nitrogens with zero attached hydrogens (tertiary/aromatic N) is 1. The number of hydrogen-bond donors (Lipinski definition) is 1. The quantitative estimate of drug-likeness (QED) is 0.689. The number of furan rings is 1. The maximum atomic E-state index is 13.1. The van der Waals surface area contributed by atoms with Gasteiger partial charge in [0.25, 0.3) is 5.91 Å². The minimum absolute atomic E-state index is 0.0624. The zero-order chi connectivity index (χ0) is 14.5. The Labute approximate surface area is 115 Å². The number of halogens is 1. The van der Waals surface area contributed by atoms with E-state index >= 15 is 0 Å². The number of carbonyl (C=O) groups excluding carboxylic acids is 1. The number of benzene rings is 1. The van der Waals surface area contributed by atoms with Gasteiger partial charge >= 0.3 is 0 Å². The highest BCUT2D eigenvalue weighted by Gasteiger charge is 2.09. The zero-order valence-corrected chi connectivity index (χ0v) is 10.7. The van der Waals surface area contributed by atoms with E-state index in [-0.39, 0.29) is 11.4 Å². The number of carbonyl (C=O) groups is 1. The van der Waals surface area contributed by atoms with Crippen LogP contribution < -0.4 is 5.32 Å². The lowest BCUT2D eigenvalue weighted by Gasteiger charge is -1.97. The van der Waals surface area contributed by atoms with E-state index in [2.05, 4.69) is 5.32 Å². The maximum absolute atomic E-state index is 13.1. The topological polar surface area (TPSA) is 66.0 Å². The monoisotopic (exact) mass is 270 g/mol. The normalized spacial score (nSPS) is 10.9. The molecule has 0 radical (unpaired) electrons. The summed E-state index contributed by atoms with van der Waals surface area (Å²) < 4.78 is 18.6. The molecule has 0 fully saturated rings. The lowest BCUT2D eigenvalue weighted by molar-refractivity contribution is -0.116. The molecule has 0 spiro atoms. The second-order valence-electron chi connectivity index (χ2n) is 3.96. The molecule has 0 aliphatic heterocycles. The van der Waals surface area contributed by atoms with E-state index < -0.39 is 5.91 Å². The van der Waals surface area contributed by atoms with Crippen LogP contribution in [0.3, 0.4) is 0 Å². The molecule has 0 saturated heterocycles. The average Bonchev–Trinajstić information content (AvgIpc) is 2.92. The van der Waals surface area contributed by atoms with Crippen LogP contribution in [0.15, 0.2) is 46.4 Å². The van der Waals surface area contributed by atoms with Gasteiger partial charge in [-0.3, -0.25) is 4.79 Å². The van der Waals surface area contributed by atoms with Gasteiger partial charge in [-0.2, -0.15) is 5.26 Å². The summed E-state index contributed by atoms with van der Waals surface area (Å²) in [6.07, 6.45) is 1.33. The van der Waals surface area contributed by atoms with Crippen LogP contribution in [0.1, 0.15) is 5.76 Å². The van der Waals surface area contributed by atoms with Crippen molar-refractivity contribution in [1.29, 1.82) is 5.26 Å². The molecule has 20 heavy (non-hydrogen) atoms. The van der Waals surface area contributed by atoms with Crippen molar-refractivity contribution in [3.05, 3.63) is 53.5 Å². The molecule has 2 rings (SSSR count). The number of nitriles is 1. The summed E-state index contributed by atoms with van der Waals surface area (Å²) in [5, 5.41) is 11.2. The molecule has 1 aromatic carbocycles. The van der Waals surface area contributed by atoms with Crippen LogP contribution in [0, 0.1) is 17.1 Å². The van der Waals surface area contributed by atoms with Crippen molar-refractivity contribution in [3.8, 4) is 17.4 Å². The molecule has 100 valence electrons. The second-order valence-corrected chi connectivity index (χ2v) is 3.96. The summed E-state index contributed by atoms with van der Waals surface area (Å²) in [5.41, 5.74) is 0.524. The maximum Gasteiger partial charge on any atom is 0.261 e. The van der Waals surface area contributed by atoms with E-state index in [1.54, 1.807) is 30.3 Å². The standard InChI is InChI=1S/C15H11FN2O2/c1-18-15(19)11(9-17)8-13-5-6-14(20-13)10-3-2-4-12(16)7-10/h2-8H,1H3,(H,18,19)/b11-8-. The zero-order valence-electron chi connectivity index (χ0n) is 10.7. The Bertz CT molecular complexity index is 711. The summed E-state index contributed by atoms with van der Waals surface area (Å²) in [6, 6.07) is 11.0. The second kappa shape index (κ2) is 5.85. The van der Waals surface area contributed by atoms with E-state index in [0.717, 1.165) is 0 Å². The average molecular weight is 270 g/mol. The predicted molar refractivity (Wildman–Crippen MR) is 71.8 cm³/mol. The molecule has 5 heteroatoms. The van der Waals surface area contributed by atoms with E-state index in [1.165, 1.54) is 25.3 Å². The molecule has 0 atom stereocenters. The van der Waals surface area contributed by atoms with Crippen molar-refractivity contribution < 1.29 is 13.6 Å². The number of rotatable bonds is 3. The summed E-state index contributed by atoms with van der Waals surface area (Å²) >= 11 is 0. The van der Waals surface area contributed by atoms with E-state index in [1.807, 2.05) is 0 Å². The van der Waals surface area contributed by atoms with Gasteiger partial charge in [0.15, 0.2) is 0 Å². The lowest BCUT2D eigenvalue weighted by Crippen LogP contribution is -2.18. The van der Waals surface area contributed by atoms with Crippen LogP contribution in [-0.4, -0.2) is 13.0 Å². The van der Waals surface area contributed by atoms with Gasteiger partial charge in [0.05, 0.1) is 0 Å². The minimum atomic E-state index is -0.490. The fraction of sp³-hybridized carbons (Fsp3) is 0.0667. The molecule has 0 unspecified atom stereocenters. The Morgan fingerprint density at radius 2 is 2.20 bits per heavy atom. The molecule has 2 aromatic rings. The molecule has 0 saturated carbocycles. The van der Waals surface area contributed by atoms with Crippen LogP contribution >= 0.6 is 0 Å². The molecule has 1 aromatic heterocycles. The summed E-state index contributed by atoms with van der Waals surface area (Å²) in [5.74, 6) is -0.0374. The molecule has 1 heterocycles. The van der Waals surface area contributed by atoms with Crippen LogP contribution in [0.25, 0.3) is 17.4 Å². The van der Waals surface area contributed by atoms with Gasteiger partial charge in [-0.15, -0.1) is 0 Å². The van der Waals surface area contributed by atoms with Gasteiger partial charge in [-0.1, -0.05) is 12.1 Å². The van der Waals surface area contributed by atoms with E-state index in [0.29, 0.717) is 17.1 Å². The Hall–Kier alpha value is -2.87.